The summed E-state index contributed by atoms with van der Waals surface area (Å²) in [5.41, 5.74) is 2.43. The predicted octanol–water partition coefficient (Wildman–Crippen LogP) is 1.21. The van der Waals surface area contributed by atoms with Crippen LogP contribution >= 0.6 is 0 Å². The average molecular weight is 395 g/mol. The molecular weight excluding hydrogens is 374 g/mol. The van der Waals surface area contributed by atoms with Crippen molar-refractivity contribution in [2.24, 2.45) is 0 Å². The number of carbonyl (C=O) groups excluding carboxylic acids is 3. The lowest BCUT2D eigenvalue weighted by Gasteiger charge is -2.16. The van der Waals surface area contributed by atoms with Gasteiger partial charge in [0.05, 0.1) is 6.04 Å². The fourth-order valence-electron chi connectivity index (χ4n) is 2.83. The van der Waals surface area contributed by atoms with Crippen LogP contribution in [0.1, 0.15) is 34.5 Å². The normalized spacial score (nSPS) is 11.8. The van der Waals surface area contributed by atoms with E-state index in [0.717, 1.165) is 17.0 Å². The van der Waals surface area contributed by atoms with Gasteiger partial charge in [-0.05, 0) is 38.8 Å². The number of benzene rings is 1. The molecule has 29 heavy (non-hydrogen) atoms. The van der Waals surface area contributed by atoms with Crippen molar-refractivity contribution in [3.05, 3.63) is 59.2 Å². The highest BCUT2D eigenvalue weighted by atomic mass is 16.5. The fourth-order valence-corrected chi connectivity index (χ4v) is 2.83. The molecule has 0 bridgehead atoms. The van der Waals surface area contributed by atoms with Crippen LogP contribution in [0, 0.1) is 13.8 Å². The molecule has 1 N–H and O–H groups in total. The molecule has 3 rings (SSSR count). The molecule has 0 fully saturated rings. The number of ketones is 1. The summed E-state index contributed by atoms with van der Waals surface area (Å²) in [6, 6.07) is 10.4. The van der Waals surface area contributed by atoms with Crippen LogP contribution in [-0.4, -0.2) is 49.9 Å². The van der Waals surface area contributed by atoms with Crippen molar-refractivity contribution in [2.75, 3.05) is 6.61 Å². The van der Waals surface area contributed by atoms with E-state index in [9.17, 15) is 14.4 Å². The zero-order valence-corrected chi connectivity index (χ0v) is 16.4. The Balaban J connectivity index is 1.60. The van der Waals surface area contributed by atoms with E-state index in [1.807, 2.05) is 44.2 Å². The van der Waals surface area contributed by atoms with Crippen molar-refractivity contribution in [1.82, 2.24) is 24.9 Å². The molecule has 0 saturated heterocycles. The maximum Gasteiger partial charge on any atom is 0.378 e. The Morgan fingerprint density at radius 2 is 1.86 bits per heavy atom. The lowest BCUT2D eigenvalue weighted by molar-refractivity contribution is -0.128. The van der Waals surface area contributed by atoms with Gasteiger partial charge < -0.3 is 10.1 Å². The van der Waals surface area contributed by atoms with Crippen molar-refractivity contribution >= 4 is 23.4 Å². The van der Waals surface area contributed by atoms with Crippen molar-refractivity contribution in [1.29, 1.82) is 0 Å². The SMILES string of the molecule is CC(=O)[C@@H](Cc1ccccc1)NC(=O)COC(=O)c1nc2nc(C)cc(C)n2n1. The molecule has 1 atom stereocenters. The van der Waals surface area contributed by atoms with Gasteiger partial charge in [-0.25, -0.2) is 14.3 Å². The number of ether oxygens (including phenoxy) is 1. The Bertz CT molecular complexity index is 1060. The molecule has 0 radical (unpaired) electrons. The molecule has 0 aliphatic heterocycles. The summed E-state index contributed by atoms with van der Waals surface area (Å²) in [7, 11) is 0. The Hall–Kier alpha value is -3.62. The van der Waals surface area contributed by atoms with E-state index in [2.05, 4.69) is 20.4 Å². The molecule has 0 aliphatic carbocycles. The van der Waals surface area contributed by atoms with Crippen molar-refractivity contribution < 1.29 is 19.1 Å². The monoisotopic (exact) mass is 395 g/mol. The second-order valence-corrected chi connectivity index (χ2v) is 6.68. The smallest absolute Gasteiger partial charge is 0.378 e. The number of hydrogen-bond acceptors (Lipinski definition) is 7. The molecule has 0 spiro atoms. The van der Waals surface area contributed by atoms with Gasteiger partial charge in [0.2, 0.25) is 0 Å². The van der Waals surface area contributed by atoms with Gasteiger partial charge in [0.15, 0.2) is 12.4 Å². The van der Waals surface area contributed by atoms with Gasteiger partial charge in [-0.3, -0.25) is 9.59 Å². The first kappa shape index (κ1) is 20.1. The van der Waals surface area contributed by atoms with Gasteiger partial charge in [0, 0.05) is 11.4 Å². The summed E-state index contributed by atoms with van der Waals surface area (Å²) in [5, 5.41) is 6.65. The summed E-state index contributed by atoms with van der Waals surface area (Å²) in [5.74, 6) is -1.52. The number of Topliss-reactive ketones (excluding diaryl/α,β-unsaturated/α-hetero) is 1. The number of fused-ring (bicyclic) bond motifs is 1. The first-order valence-corrected chi connectivity index (χ1v) is 9.05. The van der Waals surface area contributed by atoms with Crippen molar-refractivity contribution in [2.45, 2.75) is 33.2 Å². The fraction of sp³-hybridized carbons (Fsp3) is 0.300. The highest BCUT2D eigenvalue weighted by Crippen LogP contribution is 2.07. The van der Waals surface area contributed by atoms with Gasteiger partial charge in [-0.15, -0.1) is 5.10 Å². The zero-order valence-electron chi connectivity index (χ0n) is 16.4. The third-order valence-corrected chi connectivity index (χ3v) is 4.24. The predicted molar refractivity (Wildman–Crippen MR) is 103 cm³/mol. The van der Waals surface area contributed by atoms with Gasteiger partial charge in [0.25, 0.3) is 17.5 Å². The van der Waals surface area contributed by atoms with Crippen molar-refractivity contribution in [3.8, 4) is 0 Å². The second kappa shape index (κ2) is 8.59. The molecule has 2 heterocycles. The van der Waals surface area contributed by atoms with E-state index in [4.69, 9.17) is 4.74 Å². The Kier molecular flexibility index (Phi) is 5.96. The molecule has 9 heteroatoms. The minimum absolute atomic E-state index is 0.188. The summed E-state index contributed by atoms with van der Waals surface area (Å²) < 4.78 is 6.42. The summed E-state index contributed by atoms with van der Waals surface area (Å²) in [6.45, 7) is 4.48. The Morgan fingerprint density at radius 3 is 2.55 bits per heavy atom. The largest absolute Gasteiger partial charge is 0.450 e. The van der Waals surface area contributed by atoms with E-state index >= 15 is 0 Å². The molecule has 1 aromatic carbocycles. The lowest BCUT2D eigenvalue weighted by atomic mass is 10.0. The summed E-state index contributed by atoms with van der Waals surface area (Å²) in [4.78, 5) is 44.4. The highest BCUT2D eigenvalue weighted by Gasteiger charge is 2.21. The molecule has 1 amide bonds. The number of rotatable bonds is 7. The van der Waals surface area contributed by atoms with Crippen LogP contribution < -0.4 is 5.32 Å². The van der Waals surface area contributed by atoms with Crippen LogP contribution in [-0.2, 0) is 20.7 Å². The number of hydrogen-bond donors (Lipinski definition) is 1. The number of carbonyl (C=O) groups is 3. The first-order chi connectivity index (χ1) is 13.8. The van der Waals surface area contributed by atoms with E-state index in [1.165, 1.54) is 11.4 Å². The highest BCUT2D eigenvalue weighted by molar-refractivity contribution is 5.90. The van der Waals surface area contributed by atoms with E-state index in [0.29, 0.717) is 6.42 Å². The third kappa shape index (κ3) is 5.01. The first-order valence-electron chi connectivity index (χ1n) is 9.05. The topological polar surface area (TPSA) is 116 Å². The molecule has 0 unspecified atom stereocenters. The standard InChI is InChI=1S/C20H21N5O4/c1-12-9-13(2)25-20(21-12)23-18(24-25)19(28)29-11-17(27)22-16(14(3)26)10-15-7-5-4-6-8-15/h4-9,16H,10-11H2,1-3H3,(H,22,27)/t16-/m1/s1. The minimum atomic E-state index is -0.842. The lowest BCUT2D eigenvalue weighted by Crippen LogP contribution is -2.43. The summed E-state index contributed by atoms with van der Waals surface area (Å²) in [6.07, 6.45) is 0.355. The van der Waals surface area contributed by atoms with Crippen LogP contribution in [0.3, 0.4) is 0 Å². The number of esters is 1. The van der Waals surface area contributed by atoms with Crippen molar-refractivity contribution in [3.63, 3.8) is 0 Å². The van der Waals surface area contributed by atoms with E-state index in [1.54, 1.807) is 6.07 Å². The zero-order chi connectivity index (χ0) is 21.0. The van der Waals surface area contributed by atoms with E-state index < -0.39 is 24.5 Å². The minimum Gasteiger partial charge on any atom is -0.450 e. The van der Waals surface area contributed by atoms with Crippen LogP contribution in [0.4, 0.5) is 0 Å². The number of aromatic nitrogens is 4. The van der Waals surface area contributed by atoms with Gasteiger partial charge in [0.1, 0.15) is 0 Å². The summed E-state index contributed by atoms with van der Waals surface area (Å²) >= 11 is 0. The quantitative estimate of drug-likeness (QED) is 0.598. The van der Waals surface area contributed by atoms with E-state index in [-0.39, 0.29) is 17.4 Å². The van der Waals surface area contributed by atoms with Crippen LogP contribution in [0.25, 0.3) is 5.78 Å². The van der Waals surface area contributed by atoms with Crippen LogP contribution in [0.15, 0.2) is 36.4 Å². The van der Waals surface area contributed by atoms with Crippen LogP contribution in [0.5, 0.6) is 0 Å². The molecule has 150 valence electrons. The Labute approximate surface area is 167 Å². The van der Waals surface area contributed by atoms with Gasteiger partial charge in [-0.2, -0.15) is 4.98 Å². The number of nitrogens with one attached hydrogen (secondary N) is 1. The Morgan fingerprint density at radius 1 is 1.14 bits per heavy atom. The molecule has 2 aromatic heterocycles. The molecule has 3 aromatic rings. The third-order valence-electron chi connectivity index (χ3n) is 4.24. The van der Waals surface area contributed by atoms with Gasteiger partial charge >= 0.3 is 5.97 Å². The second-order valence-electron chi connectivity index (χ2n) is 6.68. The molecule has 0 saturated carbocycles. The number of amides is 1. The molecular formula is C20H21N5O4. The maximum atomic E-state index is 12.2. The van der Waals surface area contributed by atoms with Crippen LogP contribution in [0.2, 0.25) is 0 Å². The number of aryl methyl sites for hydroxylation is 2. The molecule has 0 aliphatic rings. The maximum absolute atomic E-state index is 12.2. The van der Waals surface area contributed by atoms with Gasteiger partial charge in [-0.1, -0.05) is 30.3 Å². The molecule has 9 nitrogen and oxygen atoms in total. The average Bonchev–Trinajstić information content (AvgIpc) is 3.11. The number of nitrogens with zero attached hydrogens (tertiary/aromatic N) is 4.